The van der Waals surface area contributed by atoms with Crippen molar-refractivity contribution in [2.24, 2.45) is 0 Å². The Morgan fingerprint density at radius 1 is 1.28 bits per heavy atom. The lowest BCUT2D eigenvalue weighted by Gasteiger charge is -2.28. The molecule has 1 N–H and O–H groups in total. The molecule has 0 spiro atoms. The second-order valence-electron chi connectivity index (χ2n) is 10.2. The van der Waals surface area contributed by atoms with Gasteiger partial charge >= 0.3 is 0 Å². The van der Waals surface area contributed by atoms with Crippen molar-refractivity contribution in [2.75, 3.05) is 24.7 Å². The number of carbonyl (C=O) groups is 1. The van der Waals surface area contributed by atoms with E-state index in [-0.39, 0.29) is 29.9 Å². The molecular formula is C26H30FN5O4. The molecule has 1 amide bonds. The standard InChI is InChI=1S/C26H30FN5O4/c1-26(2)35-15-18(36-26)14-34-22-8-5-16(27)12-19(22)21-4-3-10-31(21)23-9-11-32-24(30-23)20(13-28-32)25(33)29-17-6-7-17/h5,8-9,11-13,17-18,21H,3-4,6-7,10,14-15H2,1-2H3,(H,29,33)/t18?,21-/m1/s1. The normalized spacial score (nSPS) is 23.4. The summed E-state index contributed by atoms with van der Waals surface area (Å²) >= 11 is 0. The highest BCUT2D eigenvalue weighted by atomic mass is 19.1. The van der Waals surface area contributed by atoms with Crippen molar-refractivity contribution in [2.45, 2.75) is 63.5 Å². The fraction of sp³-hybridized carbons (Fsp3) is 0.500. The fourth-order valence-corrected chi connectivity index (χ4v) is 4.97. The zero-order valence-electron chi connectivity index (χ0n) is 20.4. The van der Waals surface area contributed by atoms with Crippen molar-refractivity contribution in [3.63, 3.8) is 0 Å². The number of ether oxygens (including phenoxy) is 3. The molecule has 9 nitrogen and oxygen atoms in total. The Balaban J connectivity index is 1.26. The van der Waals surface area contributed by atoms with Crippen LogP contribution < -0.4 is 15.0 Å². The van der Waals surface area contributed by atoms with Gasteiger partial charge in [-0.2, -0.15) is 5.10 Å². The molecule has 2 aliphatic heterocycles. The molecule has 0 bridgehead atoms. The zero-order valence-corrected chi connectivity index (χ0v) is 20.4. The monoisotopic (exact) mass is 495 g/mol. The van der Waals surface area contributed by atoms with Gasteiger partial charge in [-0.05, 0) is 63.8 Å². The van der Waals surface area contributed by atoms with Crippen LogP contribution in [0.4, 0.5) is 10.2 Å². The number of nitrogens with one attached hydrogen (secondary N) is 1. The van der Waals surface area contributed by atoms with E-state index in [2.05, 4.69) is 15.3 Å². The summed E-state index contributed by atoms with van der Waals surface area (Å²) in [5, 5.41) is 7.30. The number of anilines is 1. The van der Waals surface area contributed by atoms with Crippen LogP contribution in [0.1, 0.15) is 61.5 Å². The number of carbonyl (C=O) groups excluding carboxylic acids is 1. The maximum atomic E-state index is 14.4. The maximum Gasteiger partial charge on any atom is 0.256 e. The number of aromatic nitrogens is 3. The fourth-order valence-electron chi connectivity index (χ4n) is 4.97. The van der Waals surface area contributed by atoms with Gasteiger partial charge in [0.15, 0.2) is 11.4 Å². The van der Waals surface area contributed by atoms with Crippen molar-refractivity contribution >= 4 is 17.4 Å². The molecule has 4 heterocycles. The number of nitrogens with zero attached hydrogens (tertiary/aromatic N) is 4. The topological polar surface area (TPSA) is 90.2 Å². The lowest BCUT2D eigenvalue weighted by molar-refractivity contribution is -0.141. The lowest BCUT2D eigenvalue weighted by Crippen LogP contribution is -2.27. The summed E-state index contributed by atoms with van der Waals surface area (Å²) < 4.78 is 33.6. The largest absolute Gasteiger partial charge is 0.490 e. The van der Waals surface area contributed by atoms with E-state index >= 15 is 0 Å². The summed E-state index contributed by atoms with van der Waals surface area (Å²) in [7, 11) is 0. The third-order valence-electron chi connectivity index (χ3n) is 6.88. The predicted octanol–water partition coefficient (Wildman–Crippen LogP) is 3.63. The minimum absolute atomic E-state index is 0.116. The van der Waals surface area contributed by atoms with Crippen LogP contribution in [0.2, 0.25) is 0 Å². The molecule has 3 fully saturated rings. The molecule has 36 heavy (non-hydrogen) atoms. The summed E-state index contributed by atoms with van der Waals surface area (Å²) in [6.07, 6.45) is 6.95. The van der Waals surface area contributed by atoms with Crippen LogP contribution >= 0.6 is 0 Å². The van der Waals surface area contributed by atoms with E-state index in [1.807, 2.05) is 26.1 Å². The number of amides is 1. The van der Waals surface area contributed by atoms with E-state index in [0.717, 1.165) is 43.6 Å². The molecule has 2 atom stereocenters. The van der Waals surface area contributed by atoms with Crippen molar-refractivity contribution in [1.82, 2.24) is 19.9 Å². The molecule has 6 rings (SSSR count). The van der Waals surface area contributed by atoms with E-state index in [9.17, 15) is 9.18 Å². The Hall–Kier alpha value is -3.24. The van der Waals surface area contributed by atoms with Gasteiger partial charge in [-0.25, -0.2) is 13.9 Å². The Morgan fingerprint density at radius 2 is 2.14 bits per heavy atom. The molecule has 1 aliphatic carbocycles. The first-order chi connectivity index (χ1) is 17.4. The van der Waals surface area contributed by atoms with Crippen molar-refractivity contribution in [1.29, 1.82) is 0 Å². The molecule has 1 saturated carbocycles. The smallest absolute Gasteiger partial charge is 0.256 e. The van der Waals surface area contributed by atoms with Gasteiger partial charge in [0.25, 0.3) is 5.91 Å². The first-order valence-electron chi connectivity index (χ1n) is 12.5. The maximum absolute atomic E-state index is 14.4. The molecule has 2 saturated heterocycles. The SMILES string of the molecule is CC1(C)OCC(COc2ccc(F)cc2[C@H]2CCCN2c2ccn3ncc(C(=O)NC4CC4)c3n2)O1. The molecule has 10 heteroatoms. The Morgan fingerprint density at radius 3 is 2.92 bits per heavy atom. The summed E-state index contributed by atoms with van der Waals surface area (Å²) in [4.78, 5) is 19.7. The van der Waals surface area contributed by atoms with Gasteiger partial charge in [0.05, 0.1) is 18.8 Å². The Bertz CT molecular complexity index is 1290. The van der Waals surface area contributed by atoms with Crippen LogP contribution in [0, 0.1) is 5.82 Å². The molecule has 3 aromatic rings. The highest BCUT2D eigenvalue weighted by Gasteiger charge is 2.34. The molecule has 190 valence electrons. The van der Waals surface area contributed by atoms with Gasteiger partial charge in [-0.3, -0.25) is 4.79 Å². The highest BCUT2D eigenvalue weighted by molar-refractivity contribution is 6.00. The number of hydrogen-bond acceptors (Lipinski definition) is 7. The van der Waals surface area contributed by atoms with Gasteiger partial charge in [-0.1, -0.05) is 0 Å². The molecular weight excluding hydrogens is 465 g/mol. The zero-order chi connectivity index (χ0) is 24.9. The Kier molecular flexibility index (Phi) is 5.80. The van der Waals surface area contributed by atoms with Gasteiger partial charge in [0.1, 0.15) is 35.7 Å². The molecule has 1 unspecified atom stereocenters. The van der Waals surface area contributed by atoms with Crippen LogP contribution in [0.25, 0.3) is 5.65 Å². The van der Waals surface area contributed by atoms with Crippen molar-refractivity contribution in [3.8, 4) is 5.75 Å². The molecule has 2 aromatic heterocycles. The minimum atomic E-state index is -0.631. The van der Waals surface area contributed by atoms with Crippen LogP contribution in [0.3, 0.4) is 0 Å². The van der Waals surface area contributed by atoms with Crippen LogP contribution in [-0.4, -0.2) is 58.2 Å². The average molecular weight is 496 g/mol. The van der Waals surface area contributed by atoms with E-state index in [4.69, 9.17) is 19.2 Å². The second-order valence-corrected chi connectivity index (χ2v) is 10.2. The van der Waals surface area contributed by atoms with E-state index < -0.39 is 5.79 Å². The molecule has 1 aromatic carbocycles. The molecule has 0 radical (unpaired) electrons. The van der Waals surface area contributed by atoms with E-state index in [0.29, 0.717) is 30.2 Å². The summed E-state index contributed by atoms with van der Waals surface area (Å²) in [5.74, 6) is 0.238. The van der Waals surface area contributed by atoms with Crippen LogP contribution in [0.5, 0.6) is 5.75 Å². The van der Waals surface area contributed by atoms with Gasteiger partial charge < -0.3 is 24.4 Å². The van der Waals surface area contributed by atoms with Gasteiger partial charge in [0, 0.05) is 24.3 Å². The first kappa shape index (κ1) is 23.2. The van der Waals surface area contributed by atoms with Crippen molar-refractivity contribution in [3.05, 3.63) is 53.6 Å². The summed E-state index contributed by atoms with van der Waals surface area (Å²) in [6.45, 7) is 5.27. The van der Waals surface area contributed by atoms with Crippen LogP contribution in [0.15, 0.2) is 36.7 Å². The van der Waals surface area contributed by atoms with Crippen LogP contribution in [-0.2, 0) is 9.47 Å². The quantitative estimate of drug-likeness (QED) is 0.535. The van der Waals surface area contributed by atoms with Gasteiger partial charge in [0.2, 0.25) is 0 Å². The average Bonchev–Trinajstić information content (AvgIpc) is 3.23. The summed E-state index contributed by atoms with van der Waals surface area (Å²) in [6, 6.07) is 6.64. The number of fused-ring (bicyclic) bond motifs is 1. The lowest BCUT2D eigenvalue weighted by atomic mass is 10.0. The van der Waals surface area contributed by atoms with E-state index in [1.54, 1.807) is 22.8 Å². The highest BCUT2D eigenvalue weighted by Crippen LogP contribution is 2.40. The Labute approximate surface area is 208 Å². The second kappa shape index (κ2) is 9.01. The van der Waals surface area contributed by atoms with Crippen molar-refractivity contribution < 1.29 is 23.4 Å². The number of halogens is 1. The van der Waals surface area contributed by atoms with Gasteiger partial charge in [-0.15, -0.1) is 0 Å². The third kappa shape index (κ3) is 4.62. The molecule has 3 aliphatic rings. The number of rotatable bonds is 7. The number of hydrogen-bond donors (Lipinski definition) is 1. The third-order valence-corrected chi connectivity index (χ3v) is 6.88. The first-order valence-corrected chi connectivity index (χ1v) is 12.5. The van der Waals surface area contributed by atoms with E-state index in [1.165, 1.54) is 6.07 Å². The predicted molar refractivity (Wildman–Crippen MR) is 130 cm³/mol. The minimum Gasteiger partial charge on any atom is -0.490 e. The number of benzene rings is 1. The summed E-state index contributed by atoms with van der Waals surface area (Å²) in [5.41, 5.74) is 1.73.